The summed E-state index contributed by atoms with van der Waals surface area (Å²) in [6, 6.07) is 0. The van der Waals surface area contributed by atoms with Crippen LogP contribution in [0.3, 0.4) is 0 Å². The van der Waals surface area contributed by atoms with Gasteiger partial charge in [-0.1, -0.05) is 0 Å². The Balaban J connectivity index is 2.31. The maximum atomic E-state index is 10.8. The molecule has 2 nitrogen and oxygen atoms in total. The lowest BCUT2D eigenvalue weighted by Crippen LogP contribution is -2.26. The predicted molar refractivity (Wildman–Crippen MR) is 37.9 cm³/mol. The van der Waals surface area contributed by atoms with Gasteiger partial charge in [-0.25, -0.2) is 0 Å². The van der Waals surface area contributed by atoms with Gasteiger partial charge in [-0.05, 0) is 12.8 Å². The Kier molecular flexibility index (Phi) is 2.66. The molecule has 0 aromatic rings. The monoisotopic (exact) mass is 148 g/mol. The number of rotatable bonds is 1. The first-order valence-corrected chi connectivity index (χ1v) is 4.83. The van der Waals surface area contributed by atoms with Crippen LogP contribution in [-0.4, -0.2) is 28.9 Å². The van der Waals surface area contributed by atoms with Crippen molar-refractivity contribution >= 4 is 10.8 Å². The Morgan fingerprint density at radius 2 is 2.44 bits per heavy atom. The second-order valence-electron chi connectivity index (χ2n) is 2.34. The van der Waals surface area contributed by atoms with Crippen molar-refractivity contribution in [1.82, 2.24) is 0 Å². The predicted octanol–water partition coefficient (Wildman–Crippen LogP) is 0.544. The molecule has 1 fully saturated rings. The zero-order valence-electron chi connectivity index (χ0n) is 5.63. The highest BCUT2D eigenvalue weighted by atomic mass is 32.2. The van der Waals surface area contributed by atoms with E-state index in [9.17, 15) is 4.21 Å². The summed E-state index contributed by atoms with van der Waals surface area (Å²) in [6.45, 7) is 1.55. The molecule has 0 aliphatic carbocycles. The van der Waals surface area contributed by atoms with Gasteiger partial charge in [-0.3, -0.25) is 4.21 Å². The van der Waals surface area contributed by atoms with Gasteiger partial charge >= 0.3 is 0 Å². The smallest absolute Gasteiger partial charge is 0.0609 e. The van der Waals surface area contributed by atoms with Crippen molar-refractivity contribution in [3.8, 4) is 0 Å². The molecule has 54 valence electrons. The van der Waals surface area contributed by atoms with Crippen LogP contribution in [0.1, 0.15) is 12.8 Å². The molecule has 0 radical (unpaired) electrons. The van der Waals surface area contributed by atoms with E-state index in [1.807, 2.05) is 0 Å². The number of hydrogen-bond acceptors (Lipinski definition) is 2. The summed E-state index contributed by atoms with van der Waals surface area (Å²) >= 11 is 0. The van der Waals surface area contributed by atoms with Crippen LogP contribution in [0.5, 0.6) is 0 Å². The molecule has 0 aromatic heterocycles. The highest BCUT2D eigenvalue weighted by molar-refractivity contribution is 7.84. The van der Waals surface area contributed by atoms with Crippen molar-refractivity contribution in [2.24, 2.45) is 0 Å². The number of ether oxygens (including phenoxy) is 1. The van der Waals surface area contributed by atoms with Crippen LogP contribution in [0, 0.1) is 0 Å². The van der Waals surface area contributed by atoms with Crippen LogP contribution >= 0.6 is 0 Å². The Labute approximate surface area is 58.0 Å². The summed E-state index contributed by atoms with van der Waals surface area (Å²) in [5.41, 5.74) is 0. The quantitative estimate of drug-likeness (QED) is 0.542. The van der Waals surface area contributed by atoms with Crippen LogP contribution in [0.25, 0.3) is 0 Å². The van der Waals surface area contributed by atoms with Crippen molar-refractivity contribution < 1.29 is 8.95 Å². The molecular weight excluding hydrogens is 136 g/mol. The molecule has 1 aliphatic rings. The van der Waals surface area contributed by atoms with E-state index in [2.05, 4.69) is 0 Å². The van der Waals surface area contributed by atoms with E-state index in [-0.39, 0.29) is 0 Å². The molecule has 0 bridgehead atoms. The third-order valence-electron chi connectivity index (χ3n) is 1.59. The molecule has 0 aromatic carbocycles. The first kappa shape index (κ1) is 7.22. The highest BCUT2D eigenvalue weighted by Gasteiger charge is 2.16. The summed E-state index contributed by atoms with van der Waals surface area (Å²) in [7, 11) is -0.677. The Morgan fingerprint density at radius 1 is 1.67 bits per heavy atom. The van der Waals surface area contributed by atoms with E-state index < -0.39 is 10.8 Å². The average Bonchev–Trinajstić information content (AvgIpc) is 1.90. The average molecular weight is 148 g/mol. The van der Waals surface area contributed by atoms with Crippen molar-refractivity contribution in [1.29, 1.82) is 0 Å². The van der Waals surface area contributed by atoms with Crippen molar-refractivity contribution in [2.45, 2.75) is 18.1 Å². The fraction of sp³-hybridized carbons (Fsp3) is 1.00. The zero-order valence-corrected chi connectivity index (χ0v) is 6.45. The first-order valence-electron chi connectivity index (χ1n) is 3.20. The van der Waals surface area contributed by atoms with Crippen molar-refractivity contribution in [2.75, 3.05) is 19.5 Å². The summed E-state index contributed by atoms with van der Waals surface area (Å²) in [6.07, 6.45) is 3.90. The largest absolute Gasteiger partial charge is 0.380 e. The fourth-order valence-corrected chi connectivity index (χ4v) is 1.76. The van der Waals surface area contributed by atoms with Crippen LogP contribution in [0.4, 0.5) is 0 Å². The van der Waals surface area contributed by atoms with Gasteiger partial charge in [0.2, 0.25) is 0 Å². The lowest BCUT2D eigenvalue weighted by Gasteiger charge is -2.19. The van der Waals surface area contributed by atoms with Crippen LogP contribution in [-0.2, 0) is 15.5 Å². The third-order valence-corrected chi connectivity index (χ3v) is 2.90. The summed E-state index contributed by atoms with van der Waals surface area (Å²) < 4.78 is 16.0. The molecular formula is C6H12O2S. The van der Waals surface area contributed by atoms with Gasteiger partial charge in [-0.2, -0.15) is 0 Å². The molecule has 0 spiro atoms. The standard InChI is InChI=1S/C6H12O2S/c1-9(7)6-3-2-4-8-5-6/h6H,2-5H2,1H3/t6-,9?/m1/s1. The molecule has 1 aliphatic heterocycles. The van der Waals surface area contributed by atoms with Crippen LogP contribution in [0.2, 0.25) is 0 Å². The normalized spacial score (nSPS) is 31.9. The van der Waals surface area contributed by atoms with Gasteiger partial charge in [0.25, 0.3) is 0 Å². The molecule has 1 unspecified atom stereocenters. The topological polar surface area (TPSA) is 26.3 Å². The summed E-state index contributed by atoms with van der Waals surface area (Å²) in [5, 5.41) is 0.304. The highest BCUT2D eigenvalue weighted by Crippen LogP contribution is 2.10. The zero-order chi connectivity index (χ0) is 6.69. The van der Waals surface area contributed by atoms with Gasteiger partial charge in [0, 0.05) is 23.7 Å². The second kappa shape index (κ2) is 3.32. The van der Waals surface area contributed by atoms with E-state index >= 15 is 0 Å². The van der Waals surface area contributed by atoms with Crippen LogP contribution < -0.4 is 0 Å². The van der Waals surface area contributed by atoms with Gasteiger partial charge in [0.1, 0.15) is 0 Å². The number of hydrogen-bond donors (Lipinski definition) is 0. The fourth-order valence-electron chi connectivity index (χ4n) is 0.973. The molecule has 0 amide bonds. The van der Waals surface area contributed by atoms with Crippen molar-refractivity contribution in [3.63, 3.8) is 0 Å². The van der Waals surface area contributed by atoms with E-state index in [0.717, 1.165) is 19.4 Å². The van der Waals surface area contributed by atoms with Gasteiger partial charge < -0.3 is 4.74 Å². The molecule has 0 N–H and O–H groups in total. The lowest BCUT2D eigenvalue weighted by molar-refractivity contribution is 0.100. The molecule has 3 heteroatoms. The van der Waals surface area contributed by atoms with Gasteiger partial charge in [0.15, 0.2) is 0 Å². The SMILES string of the molecule is CS(=O)[C@@H]1CCCOC1. The minimum Gasteiger partial charge on any atom is -0.380 e. The maximum Gasteiger partial charge on any atom is 0.0609 e. The van der Waals surface area contributed by atoms with Crippen LogP contribution in [0.15, 0.2) is 0 Å². The van der Waals surface area contributed by atoms with E-state index in [1.165, 1.54) is 0 Å². The molecule has 1 saturated heterocycles. The van der Waals surface area contributed by atoms with E-state index in [4.69, 9.17) is 4.74 Å². The second-order valence-corrected chi connectivity index (χ2v) is 4.00. The van der Waals surface area contributed by atoms with Gasteiger partial charge in [-0.15, -0.1) is 0 Å². The lowest BCUT2D eigenvalue weighted by atomic mass is 10.2. The Bertz CT molecular complexity index is 108. The van der Waals surface area contributed by atoms with Crippen molar-refractivity contribution in [3.05, 3.63) is 0 Å². The summed E-state index contributed by atoms with van der Waals surface area (Å²) in [4.78, 5) is 0. The van der Waals surface area contributed by atoms with E-state index in [1.54, 1.807) is 6.26 Å². The molecule has 2 atom stereocenters. The minimum atomic E-state index is -0.677. The molecule has 1 rings (SSSR count). The van der Waals surface area contributed by atoms with Gasteiger partial charge in [0.05, 0.1) is 11.9 Å². The molecule has 1 heterocycles. The minimum absolute atomic E-state index is 0.304. The molecule has 9 heavy (non-hydrogen) atoms. The Morgan fingerprint density at radius 3 is 2.78 bits per heavy atom. The molecule has 0 saturated carbocycles. The third kappa shape index (κ3) is 2.06. The first-order chi connectivity index (χ1) is 4.30. The Hall–Kier alpha value is 0.110. The van der Waals surface area contributed by atoms with E-state index in [0.29, 0.717) is 11.9 Å². The summed E-state index contributed by atoms with van der Waals surface area (Å²) in [5.74, 6) is 0. The maximum absolute atomic E-state index is 10.8.